The number of rotatable bonds is 5. The van der Waals surface area contributed by atoms with Gasteiger partial charge in [0.1, 0.15) is 11.2 Å². The first kappa shape index (κ1) is 29.9. The van der Waals surface area contributed by atoms with Gasteiger partial charge in [-0.1, -0.05) is 0 Å². The fourth-order valence-electron chi connectivity index (χ4n) is 7.52. The maximum absolute atomic E-state index is 14.4. The predicted molar refractivity (Wildman–Crippen MR) is 181 cm³/mol. The summed E-state index contributed by atoms with van der Waals surface area (Å²) in [6.45, 7) is 0. The molecule has 0 saturated heterocycles. The van der Waals surface area contributed by atoms with Gasteiger partial charge in [-0.15, -0.1) is 0 Å². The monoisotopic (exact) mass is 666 g/mol. The third kappa shape index (κ3) is 3.57. The minimum absolute atomic E-state index is 0.0853. The molecule has 13 nitrogen and oxygen atoms in total. The smallest absolute Gasteiger partial charge is 0.272 e. The van der Waals surface area contributed by atoms with Gasteiger partial charge in [0, 0.05) is 90.7 Å². The van der Waals surface area contributed by atoms with Gasteiger partial charge in [-0.25, -0.2) is 0 Å². The molecule has 2 aliphatic rings. The third-order valence-electron chi connectivity index (χ3n) is 9.82. The van der Waals surface area contributed by atoms with Crippen LogP contribution in [0.15, 0.2) is 67.2 Å². The molecule has 6 aromatic heterocycles. The highest BCUT2D eigenvalue weighted by Gasteiger charge is 2.50. The largest absolute Gasteiger partial charge is 0.506 e. The van der Waals surface area contributed by atoms with Gasteiger partial charge in [0.25, 0.3) is 5.79 Å². The van der Waals surface area contributed by atoms with E-state index in [2.05, 4.69) is 4.98 Å². The van der Waals surface area contributed by atoms with Crippen molar-refractivity contribution in [1.82, 2.24) is 29.9 Å². The molecule has 0 aliphatic heterocycles. The van der Waals surface area contributed by atoms with Crippen LogP contribution in [0.4, 0.5) is 0 Å². The van der Waals surface area contributed by atoms with Crippen molar-refractivity contribution in [2.45, 2.75) is 11.4 Å². The quantitative estimate of drug-likeness (QED) is 0.253. The van der Waals surface area contributed by atoms with Crippen LogP contribution in [0.25, 0.3) is 55.8 Å². The Morgan fingerprint density at radius 3 is 2.08 bits per heavy atom. The molecular formula is C37H26N6O7. The first-order chi connectivity index (χ1) is 24.3. The van der Waals surface area contributed by atoms with Crippen LogP contribution in [0.1, 0.15) is 22.5 Å². The van der Waals surface area contributed by atoms with E-state index >= 15 is 0 Å². The Morgan fingerprint density at radius 1 is 0.660 bits per heavy atom. The molecule has 50 heavy (non-hydrogen) atoms. The molecule has 1 atom stereocenters. The zero-order chi connectivity index (χ0) is 34.5. The lowest BCUT2D eigenvalue weighted by molar-refractivity contribution is -0.207. The Kier molecular flexibility index (Phi) is 6.24. The second-order valence-corrected chi connectivity index (χ2v) is 11.9. The lowest BCUT2D eigenvalue weighted by Gasteiger charge is -2.36. The van der Waals surface area contributed by atoms with Gasteiger partial charge in [-0.05, 0) is 52.6 Å². The summed E-state index contributed by atoms with van der Waals surface area (Å²) in [5.41, 5.74) is 1.60. The summed E-state index contributed by atoms with van der Waals surface area (Å²) in [6.07, 6.45) is 12.7. The van der Waals surface area contributed by atoms with Crippen LogP contribution < -0.4 is 9.96 Å². The van der Waals surface area contributed by atoms with Crippen molar-refractivity contribution in [2.75, 3.05) is 28.4 Å². The summed E-state index contributed by atoms with van der Waals surface area (Å²) in [6, 6.07) is 7.04. The van der Waals surface area contributed by atoms with Crippen molar-refractivity contribution in [3.8, 4) is 11.5 Å². The molecule has 2 aliphatic carbocycles. The van der Waals surface area contributed by atoms with Crippen LogP contribution in [0.5, 0.6) is 11.5 Å². The van der Waals surface area contributed by atoms with Gasteiger partial charge >= 0.3 is 0 Å². The van der Waals surface area contributed by atoms with Crippen LogP contribution in [0.3, 0.4) is 0 Å². The van der Waals surface area contributed by atoms with Gasteiger partial charge in [0.2, 0.25) is 5.60 Å². The van der Waals surface area contributed by atoms with Crippen LogP contribution >= 0.6 is 0 Å². The number of ether oxygens (including phenoxy) is 4. The predicted octanol–water partition coefficient (Wildman–Crippen LogP) is 4.00. The zero-order valence-electron chi connectivity index (χ0n) is 27.0. The summed E-state index contributed by atoms with van der Waals surface area (Å²) in [5.74, 6) is -2.04. The molecular weight excluding hydrogens is 640 g/mol. The summed E-state index contributed by atoms with van der Waals surface area (Å²) in [7, 11) is 5.73. The Bertz CT molecular complexity index is 2840. The second kappa shape index (κ2) is 10.4. The maximum Gasteiger partial charge on any atom is 0.272 e. The number of nitrogens with zero attached hydrogens (tertiary/aromatic N) is 6. The number of Topliss-reactive ketones (excluding diaryl/α,β-unsaturated/α-hetero) is 1. The first-order valence-electron chi connectivity index (χ1n) is 15.5. The minimum Gasteiger partial charge on any atom is -0.506 e. The maximum atomic E-state index is 14.4. The van der Waals surface area contributed by atoms with E-state index in [0.717, 1.165) is 5.39 Å². The molecule has 0 saturated carbocycles. The van der Waals surface area contributed by atoms with E-state index in [-0.39, 0.29) is 23.0 Å². The second-order valence-electron chi connectivity index (χ2n) is 11.9. The van der Waals surface area contributed by atoms with Crippen molar-refractivity contribution in [3.05, 3.63) is 105 Å². The molecule has 246 valence electrons. The number of hydrogen-bond acceptors (Lipinski definition) is 13. The molecule has 0 spiro atoms. The van der Waals surface area contributed by atoms with E-state index in [9.17, 15) is 15.0 Å². The fourth-order valence-corrected chi connectivity index (χ4v) is 7.52. The molecule has 2 N–H and O–H groups in total. The minimum atomic E-state index is -1.78. The van der Waals surface area contributed by atoms with Crippen molar-refractivity contribution in [3.63, 3.8) is 0 Å². The summed E-state index contributed by atoms with van der Waals surface area (Å²) < 4.78 is 23.0. The number of methoxy groups -OCH3 is 4. The van der Waals surface area contributed by atoms with Crippen molar-refractivity contribution < 1.29 is 34.0 Å². The Morgan fingerprint density at radius 2 is 1.34 bits per heavy atom. The number of hydrogen-bond donors (Lipinski definition) is 2. The topological polar surface area (TPSA) is 172 Å². The van der Waals surface area contributed by atoms with Gasteiger partial charge < -0.3 is 29.2 Å². The molecule has 0 amide bonds. The van der Waals surface area contributed by atoms with Crippen LogP contribution in [0.2, 0.25) is 0 Å². The summed E-state index contributed by atoms with van der Waals surface area (Å²) >= 11 is 0. The lowest BCUT2D eigenvalue weighted by atomic mass is 9.78. The number of aromatic nitrogens is 6. The standard InChI is InChI=1S/C37H26N6O7/c1-47-23-11-17-5-8-38-29-20(14-41-32(26(17)29)33(23)46)21-15-42-34-27-18(6-9-39-30(21)27)12-24(44)36(34,48-2)22-16-43-35-28-19(7-10-40-31(22)28)13-25(45)37(35,49-3)50-4/h5-16,45-46H,1-4H3/b21-20-. The highest BCUT2D eigenvalue weighted by Crippen LogP contribution is 2.47. The zero-order valence-corrected chi connectivity index (χ0v) is 27.0. The summed E-state index contributed by atoms with van der Waals surface area (Å²) in [5, 5.41) is 26.3. The van der Waals surface area contributed by atoms with E-state index in [1.54, 1.807) is 49.2 Å². The number of carbonyl (C=O) groups excluding carboxylic acids is 1. The Labute approximate surface area is 281 Å². The number of aliphatic hydroxyl groups is 1. The van der Waals surface area contributed by atoms with E-state index in [1.807, 2.05) is 6.07 Å². The van der Waals surface area contributed by atoms with Crippen LogP contribution in [-0.4, -0.2) is 74.3 Å². The van der Waals surface area contributed by atoms with E-state index in [4.69, 9.17) is 43.9 Å². The van der Waals surface area contributed by atoms with Gasteiger partial charge in [-0.3, -0.25) is 34.7 Å². The van der Waals surface area contributed by atoms with Crippen LogP contribution in [-0.2, 0) is 30.4 Å². The number of ketones is 1. The lowest BCUT2D eigenvalue weighted by Crippen LogP contribution is -2.44. The molecule has 1 aromatic carbocycles. The van der Waals surface area contributed by atoms with Gasteiger partial charge in [0.15, 0.2) is 23.0 Å². The highest BCUT2D eigenvalue weighted by molar-refractivity contribution is 6.19. The SMILES string of the molecule is COc1cc2ccnc3/c(=c4/cnc5c6c(ccnc46)=CC(=O)C5(OC)c4cnc5c6c(ccnc46)C=C(O)C5(OC)OC)cnc(c1O)c23. The number of carbonyl (C=O) groups is 1. The number of phenols is 1. The molecule has 0 radical (unpaired) electrons. The first-order valence-corrected chi connectivity index (χ1v) is 15.5. The van der Waals surface area contributed by atoms with E-state index < -0.39 is 11.4 Å². The molecule has 1 unspecified atom stereocenters. The molecule has 13 heteroatoms. The normalized spacial score (nSPS) is 18.5. The molecule has 7 aromatic rings. The number of benzene rings is 1. The van der Waals surface area contributed by atoms with Crippen molar-refractivity contribution in [1.29, 1.82) is 0 Å². The fraction of sp³-hybridized carbons (Fsp3) is 0.162. The number of phenolic OH excluding ortho intramolecular Hbond substituents is 1. The Hall–Kier alpha value is -6.15. The third-order valence-corrected chi connectivity index (χ3v) is 9.82. The van der Waals surface area contributed by atoms with Crippen molar-refractivity contribution >= 4 is 61.5 Å². The van der Waals surface area contributed by atoms with Crippen LogP contribution in [0, 0.1) is 10.4 Å². The van der Waals surface area contributed by atoms with E-state index in [1.165, 1.54) is 46.8 Å². The van der Waals surface area contributed by atoms with Gasteiger partial charge in [0.05, 0.1) is 29.4 Å². The Balaban J connectivity index is 1.39. The molecule has 6 heterocycles. The molecule has 0 fully saturated rings. The van der Waals surface area contributed by atoms with Gasteiger partial charge in [-0.2, -0.15) is 0 Å². The summed E-state index contributed by atoms with van der Waals surface area (Å²) in [4.78, 5) is 42.9. The number of aliphatic hydroxyl groups excluding tert-OH is 1. The highest BCUT2D eigenvalue weighted by atomic mass is 16.7. The number of aromatic hydroxyl groups is 1. The molecule has 0 bridgehead atoms. The van der Waals surface area contributed by atoms with Crippen molar-refractivity contribution in [2.24, 2.45) is 0 Å². The average molecular weight is 667 g/mol. The van der Waals surface area contributed by atoms with E-state index in [0.29, 0.717) is 76.5 Å². The number of pyridine rings is 6. The molecule has 9 rings (SSSR count). The average Bonchev–Trinajstić information content (AvgIpc) is 3.14.